The molecule has 0 aliphatic heterocycles. The van der Waals surface area contributed by atoms with Gasteiger partial charge >= 0.3 is 0 Å². The largest absolute Gasteiger partial charge is 0.416 e. The second-order valence-corrected chi connectivity index (χ2v) is 8.60. The van der Waals surface area contributed by atoms with Gasteiger partial charge in [-0.25, -0.2) is 4.98 Å². The minimum atomic E-state index is -0.216. The first-order valence-corrected chi connectivity index (χ1v) is 11.3. The fourth-order valence-corrected chi connectivity index (χ4v) is 4.20. The lowest BCUT2D eigenvalue weighted by atomic mass is 9.99. The first-order chi connectivity index (χ1) is 14.7. The first-order valence-electron chi connectivity index (χ1n) is 9.43. The van der Waals surface area contributed by atoms with Gasteiger partial charge in [0.15, 0.2) is 0 Å². The van der Waals surface area contributed by atoms with Gasteiger partial charge in [0.25, 0.3) is 5.22 Å². The van der Waals surface area contributed by atoms with Gasteiger partial charge < -0.3 is 9.73 Å². The maximum Gasteiger partial charge on any atom is 0.277 e. The number of nitrogens with zero attached hydrogens (tertiary/aromatic N) is 3. The molecular formula is C22H20N4O2S2. The number of aryl methyl sites for hydroxylation is 1. The summed E-state index contributed by atoms with van der Waals surface area (Å²) in [6.45, 7) is 1.96. The van der Waals surface area contributed by atoms with Gasteiger partial charge in [0, 0.05) is 5.38 Å². The van der Waals surface area contributed by atoms with E-state index in [1.165, 1.54) is 11.8 Å². The molecule has 8 heteroatoms. The number of hydrogen-bond donors (Lipinski definition) is 1. The fourth-order valence-electron chi connectivity index (χ4n) is 2.99. The molecule has 0 atom stereocenters. The van der Waals surface area contributed by atoms with Gasteiger partial charge in [0.2, 0.25) is 11.8 Å². The number of carbonyl (C=O) groups excluding carboxylic acids is 1. The van der Waals surface area contributed by atoms with E-state index in [9.17, 15) is 4.79 Å². The molecular weight excluding hydrogens is 416 g/mol. The maximum atomic E-state index is 12.6. The molecule has 4 aromatic rings. The van der Waals surface area contributed by atoms with Crippen molar-refractivity contribution in [1.29, 1.82) is 0 Å². The van der Waals surface area contributed by atoms with E-state index in [4.69, 9.17) is 4.42 Å². The number of benzene rings is 2. The quantitative estimate of drug-likeness (QED) is 0.412. The molecule has 0 saturated heterocycles. The van der Waals surface area contributed by atoms with Gasteiger partial charge in [-0.3, -0.25) is 4.79 Å². The third-order valence-electron chi connectivity index (χ3n) is 4.35. The molecule has 6 nitrogen and oxygen atoms in total. The van der Waals surface area contributed by atoms with E-state index in [0.29, 0.717) is 17.5 Å². The highest BCUT2D eigenvalue weighted by atomic mass is 32.2. The summed E-state index contributed by atoms with van der Waals surface area (Å²) in [4.78, 5) is 17.0. The van der Waals surface area contributed by atoms with Crippen molar-refractivity contribution in [3.05, 3.63) is 93.8 Å². The maximum absolute atomic E-state index is 12.6. The highest BCUT2D eigenvalue weighted by molar-refractivity contribution is 7.99. The van der Waals surface area contributed by atoms with E-state index in [1.807, 2.05) is 73.0 Å². The van der Waals surface area contributed by atoms with Crippen LogP contribution in [0.5, 0.6) is 0 Å². The molecule has 30 heavy (non-hydrogen) atoms. The first kappa shape index (κ1) is 20.3. The standard InChI is InChI=1S/C22H20N4O2S2/c1-15-23-18(13-29-15)12-20-25-26-22(28-20)30-14-19(27)24-21(16-8-4-2-5-9-16)17-10-6-3-7-11-17/h2-11,13,21H,12,14H2,1H3,(H,24,27). The molecule has 4 rings (SSSR count). The normalized spacial score (nSPS) is 11.0. The van der Waals surface area contributed by atoms with E-state index in [1.54, 1.807) is 11.3 Å². The Kier molecular flexibility index (Phi) is 6.56. The van der Waals surface area contributed by atoms with Crippen molar-refractivity contribution in [2.24, 2.45) is 0 Å². The molecule has 2 aromatic carbocycles. The van der Waals surface area contributed by atoms with Gasteiger partial charge in [-0.05, 0) is 18.1 Å². The molecule has 1 N–H and O–H groups in total. The minimum Gasteiger partial charge on any atom is -0.416 e. The number of rotatable bonds is 8. The van der Waals surface area contributed by atoms with Crippen LogP contribution in [0.15, 0.2) is 75.7 Å². The molecule has 0 unspecified atom stereocenters. The summed E-state index contributed by atoms with van der Waals surface area (Å²) in [6, 6.07) is 19.6. The average molecular weight is 437 g/mol. The van der Waals surface area contributed by atoms with E-state index in [2.05, 4.69) is 20.5 Å². The van der Waals surface area contributed by atoms with Gasteiger partial charge in [0.05, 0.1) is 28.9 Å². The van der Waals surface area contributed by atoms with Crippen LogP contribution in [-0.4, -0.2) is 26.8 Å². The summed E-state index contributed by atoms with van der Waals surface area (Å²) in [5, 5.41) is 14.5. The Labute approximate surface area is 182 Å². The highest BCUT2D eigenvalue weighted by Crippen LogP contribution is 2.23. The summed E-state index contributed by atoms with van der Waals surface area (Å²) in [5.41, 5.74) is 2.96. The van der Waals surface area contributed by atoms with Crippen molar-refractivity contribution < 1.29 is 9.21 Å². The number of thiazole rings is 1. The van der Waals surface area contributed by atoms with Crippen molar-refractivity contribution in [2.45, 2.75) is 24.6 Å². The predicted octanol–water partition coefficient (Wildman–Crippen LogP) is 4.42. The van der Waals surface area contributed by atoms with Crippen LogP contribution in [0.25, 0.3) is 0 Å². The molecule has 2 aromatic heterocycles. The second-order valence-electron chi connectivity index (χ2n) is 6.61. The topological polar surface area (TPSA) is 80.9 Å². The van der Waals surface area contributed by atoms with Crippen LogP contribution in [0.2, 0.25) is 0 Å². The molecule has 0 spiro atoms. The Morgan fingerprint density at radius 1 is 1.07 bits per heavy atom. The molecule has 152 valence electrons. The SMILES string of the molecule is Cc1nc(Cc2nnc(SCC(=O)NC(c3ccccc3)c3ccccc3)o2)cs1. The zero-order chi connectivity index (χ0) is 20.8. The minimum absolute atomic E-state index is 0.104. The van der Waals surface area contributed by atoms with Crippen molar-refractivity contribution in [3.8, 4) is 0 Å². The summed E-state index contributed by atoms with van der Waals surface area (Å²) in [6.07, 6.45) is 0.494. The van der Waals surface area contributed by atoms with Crippen molar-refractivity contribution in [2.75, 3.05) is 5.75 Å². The van der Waals surface area contributed by atoms with Crippen LogP contribution in [-0.2, 0) is 11.2 Å². The Morgan fingerprint density at radius 3 is 2.33 bits per heavy atom. The predicted molar refractivity (Wildman–Crippen MR) is 118 cm³/mol. The van der Waals surface area contributed by atoms with Crippen LogP contribution in [0.4, 0.5) is 0 Å². The molecule has 0 aliphatic rings. The van der Waals surface area contributed by atoms with Crippen molar-refractivity contribution >= 4 is 29.0 Å². The van der Waals surface area contributed by atoms with E-state index in [-0.39, 0.29) is 17.7 Å². The second kappa shape index (κ2) is 9.69. The van der Waals surface area contributed by atoms with Crippen LogP contribution < -0.4 is 5.32 Å². The molecule has 0 bridgehead atoms. The monoisotopic (exact) mass is 436 g/mol. The van der Waals surface area contributed by atoms with Gasteiger partial charge in [-0.1, -0.05) is 72.4 Å². The summed E-state index contributed by atoms with van der Waals surface area (Å²) < 4.78 is 5.65. The zero-order valence-corrected chi connectivity index (χ0v) is 18.0. The van der Waals surface area contributed by atoms with Crippen LogP contribution in [0.3, 0.4) is 0 Å². The third-order valence-corrected chi connectivity index (χ3v) is 5.99. The molecule has 0 fully saturated rings. The number of nitrogens with one attached hydrogen (secondary N) is 1. The number of aromatic nitrogens is 3. The number of thioether (sulfide) groups is 1. The number of hydrogen-bond acceptors (Lipinski definition) is 7. The van der Waals surface area contributed by atoms with Crippen LogP contribution >= 0.6 is 23.1 Å². The molecule has 2 heterocycles. The fraction of sp³-hybridized carbons (Fsp3) is 0.182. The molecule has 0 aliphatic carbocycles. The van der Waals surface area contributed by atoms with Crippen molar-refractivity contribution in [1.82, 2.24) is 20.5 Å². The van der Waals surface area contributed by atoms with Crippen LogP contribution in [0.1, 0.15) is 33.8 Å². The molecule has 0 radical (unpaired) electrons. The molecule has 0 saturated carbocycles. The zero-order valence-electron chi connectivity index (χ0n) is 16.3. The Morgan fingerprint density at radius 2 is 1.73 bits per heavy atom. The van der Waals surface area contributed by atoms with E-state index in [0.717, 1.165) is 21.8 Å². The summed E-state index contributed by atoms with van der Waals surface area (Å²) in [5.74, 6) is 0.579. The summed E-state index contributed by atoms with van der Waals surface area (Å²) in [7, 11) is 0. The Balaban J connectivity index is 1.37. The van der Waals surface area contributed by atoms with E-state index < -0.39 is 0 Å². The smallest absolute Gasteiger partial charge is 0.277 e. The highest BCUT2D eigenvalue weighted by Gasteiger charge is 2.18. The number of amides is 1. The lowest BCUT2D eigenvalue weighted by molar-refractivity contribution is -0.119. The Hall–Kier alpha value is -2.97. The third kappa shape index (κ3) is 5.34. The Bertz CT molecular complexity index is 1060. The summed E-state index contributed by atoms with van der Waals surface area (Å²) >= 11 is 2.81. The lowest BCUT2D eigenvalue weighted by Crippen LogP contribution is -2.30. The van der Waals surface area contributed by atoms with Gasteiger partial charge in [-0.15, -0.1) is 21.5 Å². The average Bonchev–Trinajstić information content (AvgIpc) is 3.40. The molecule has 1 amide bonds. The lowest BCUT2D eigenvalue weighted by Gasteiger charge is -2.19. The van der Waals surface area contributed by atoms with Gasteiger partial charge in [-0.2, -0.15) is 0 Å². The van der Waals surface area contributed by atoms with Crippen LogP contribution in [0, 0.1) is 6.92 Å². The van der Waals surface area contributed by atoms with Crippen molar-refractivity contribution in [3.63, 3.8) is 0 Å². The number of carbonyl (C=O) groups is 1. The van der Waals surface area contributed by atoms with E-state index >= 15 is 0 Å². The van der Waals surface area contributed by atoms with Gasteiger partial charge in [0.1, 0.15) is 0 Å².